The van der Waals surface area contributed by atoms with E-state index in [1.165, 1.54) is 0 Å². The Labute approximate surface area is 117 Å². The summed E-state index contributed by atoms with van der Waals surface area (Å²) in [5.74, 6) is 0. The normalized spacial score (nSPS) is 18.4. The molecule has 2 amide bonds. The van der Waals surface area contributed by atoms with E-state index in [0.717, 1.165) is 36.0 Å². The summed E-state index contributed by atoms with van der Waals surface area (Å²) in [5, 5.41) is 10.8. The molecule has 20 heavy (non-hydrogen) atoms. The van der Waals surface area contributed by atoms with Crippen molar-refractivity contribution in [3.05, 3.63) is 24.4 Å². The van der Waals surface area contributed by atoms with Gasteiger partial charge in [0.1, 0.15) is 0 Å². The number of hydrogen-bond acceptors (Lipinski definition) is 3. The molecule has 0 unspecified atom stereocenters. The van der Waals surface area contributed by atoms with Crippen LogP contribution in [0.2, 0.25) is 0 Å². The van der Waals surface area contributed by atoms with Gasteiger partial charge in [-0.15, -0.1) is 0 Å². The largest absolute Gasteiger partial charge is 0.376 e. The standard InChI is InChI=1S/C14H18N4O2/c1-18-13-5-4-11(7-10(13)8-16-18)17-14(19)15-9-12-3-2-6-20-12/h4-5,7-8,12H,2-3,6,9H2,1H3,(H2,15,17,19)/t12-/m1/s1. The first kappa shape index (κ1) is 12.9. The minimum Gasteiger partial charge on any atom is -0.376 e. The molecule has 0 radical (unpaired) electrons. The molecule has 1 saturated heterocycles. The minimum atomic E-state index is -0.205. The van der Waals surface area contributed by atoms with Crippen molar-refractivity contribution in [1.82, 2.24) is 15.1 Å². The van der Waals surface area contributed by atoms with Gasteiger partial charge in [-0.3, -0.25) is 4.68 Å². The molecule has 1 atom stereocenters. The van der Waals surface area contributed by atoms with Gasteiger partial charge >= 0.3 is 6.03 Å². The van der Waals surface area contributed by atoms with Crippen molar-refractivity contribution in [2.45, 2.75) is 18.9 Å². The average Bonchev–Trinajstić information content (AvgIpc) is 3.07. The molecule has 0 aliphatic carbocycles. The topological polar surface area (TPSA) is 68.2 Å². The summed E-state index contributed by atoms with van der Waals surface area (Å²) in [6, 6.07) is 5.52. The SMILES string of the molecule is Cn1ncc2cc(NC(=O)NC[C@H]3CCCO3)ccc21. The molecule has 2 aromatic rings. The molecule has 6 heteroatoms. The molecule has 2 heterocycles. The predicted molar refractivity (Wildman–Crippen MR) is 76.7 cm³/mol. The van der Waals surface area contributed by atoms with Gasteiger partial charge in [-0.25, -0.2) is 4.79 Å². The van der Waals surface area contributed by atoms with Gasteiger partial charge in [-0.1, -0.05) is 0 Å². The number of aromatic nitrogens is 2. The summed E-state index contributed by atoms with van der Waals surface area (Å²) < 4.78 is 7.26. The smallest absolute Gasteiger partial charge is 0.319 e. The third-order valence-corrected chi connectivity index (χ3v) is 3.52. The molecule has 0 saturated carbocycles. The Morgan fingerprint density at radius 3 is 3.25 bits per heavy atom. The third kappa shape index (κ3) is 2.75. The van der Waals surface area contributed by atoms with Crippen molar-refractivity contribution >= 4 is 22.6 Å². The number of nitrogens with zero attached hydrogens (tertiary/aromatic N) is 2. The summed E-state index contributed by atoms with van der Waals surface area (Å²) in [5.41, 5.74) is 1.80. The fourth-order valence-corrected chi connectivity index (χ4v) is 2.43. The van der Waals surface area contributed by atoms with Crippen molar-refractivity contribution < 1.29 is 9.53 Å². The third-order valence-electron chi connectivity index (χ3n) is 3.52. The maximum absolute atomic E-state index is 11.8. The number of amides is 2. The molecule has 0 spiro atoms. The molecule has 1 aliphatic heterocycles. The molecular formula is C14H18N4O2. The summed E-state index contributed by atoms with van der Waals surface area (Å²) in [6.07, 6.45) is 4.03. The Kier molecular flexibility index (Phi) is 3.56. The van der Waals surface area contributed by atoms with Gasteiger partial charge in [-0.2, -0.15) is 5.10 Å². The van der Waals surface area contributed by atoms with Gasteiger partial charge < -0.3 is 15.4 Å². The van der Waals surface area contributed by atoms with Crippen LogP contribution in [0.15, 0.2) is 24.4 Å². The second-order valence-corrected chi connectivity index (χ2v) is 5.01. The highest BCUT2D eigenvalue weighted by atomic mass is 16.5. The lowest BCUT2D eigenvalue weighted by Gasteiger charge is -2.11. The number of nitrogens with one attached hydrogen (secondary N) is 2. The quantitative estimate of drug-likeness (QED) is 0.898. The average molecular weight is 274 g/mol. The van der Waals surface area contributed by atoms with Crippen LogP contribution >= 0.6 is 0 Å². The lowest BCUT2D eigenvalue weighted by atomic mass is 10.2. The first-order chi connectivity index (χ1) is 9.72. The number of benzene rings is 1. The monoisotopic (exact) mass is 274 g/mol. The lowest BCUT2D eigenvalue weighted by Crippen LogP contribution is -2.34. The summed E-state index contributed by atoms with van der Waals surface area (Å²) >= 11 is 0. The van der Waals surface area contributed by atoms with Crippen LogP contribution in [0, 0.1) is 0 Å². The van der Waals surface area contributed by atoms with Crippen LogP contribution in [0.25, 0.3) is 10.9 Å². The highest BCUT2D eigenvalue weighted by molar-refractivity contribution is 5.92. The van der Waals surface area contributed by atoms with Crippen LogP contribution in [0.1, 0.15) is 12.8 Å². The molecule has 1 fully saturated rings. The fraction of sp³-hybridized carbons (Fsp3) is 0.429. The number of anilines is 1. The van der Waals surface area contributed by atoms with Gasteiger partial charge in [0, 0.05) is 31.3 Å². The highest BCUT2D eigenvalue weighted by Crippen LogP contribution is 2.18. The van der Waals surface area contributed by atoms with Gasteiger partial charge in [0.2, 0.25) is 0 Å². The van der Waals surface area contributed by atoms with Crippen molar-refractivity contribution in [1.29, 1.82) is 0 Å². The summed E-state index contributed by atoms with van der Waals surface area (Å²) in [7, 11) is 1.89. The number of carbonyl (C=O) groups is 1. The van der Waals surface area contributed by atoms with E-state index in [2.05, 4.69) is 15.7 Å². The van der Waals surface area contributed by atoms with E-state index >= 15 is 0 Å². The molecule has 1 aromatic heterocycles. The first-order valence-electron chi connectivity index (χ1n) is 6.80. The number of rotatable bonds is 3. The Morgan fingerprint density at radius 1 is 1.55 bits per heavy atom. The Hall–Kier alpha value is -2.08. The zero-order valence-corrected chi connectivity index (χ0v) is 11.4. The zero-order chi connectivity index (χ0) is 13.9. The van der Waals surface area contributed by atoms with E-state index in [-0.39, 0.29) is 12.1 Å². The van der Waals surface area contributed by atoms with Crippen LogP contribution in [-0.4, -0.2) is 35.1 Å². The van der Waals surface area contributed by atoms with Crippen LogP contribution in [0.3, 0.4) is 0 Å². The molecular weight excluding hydrogens is 256 g/mol. The van der Waals surface area contributed by atoms with Crippen LogP contribution in [-0.2, 0) is 11.8 Å². The van der Waals surface area contributed by atoms with Gasteiger partial charge in [0.25, 0.3) is 0 Å². The number of urea groups is 1. The van der Waals surface area contributed by atoms with Gasteiger partial charge in [0.05, 0.1) is 17.8 Å². The van der Waals surface area contributed by atoms with Gasteiger partial charge in [-0.05, 0) is 31.0 Å². The Morgan fingerprint density at radius 2 is 2.45 bits per heavy atom. The highest BCUT2D eigenvalue weighted by Gasteiger charge is 2.16. The molecule has 1 aromatic carbocycles. The number of aryl methyl sites for hydroxylation is 1. The molecule has 106 valence electrons. The molecule has 3 rings (SSSR count). The van der Waals surface area contributed by atoms with E-state index in [9.17, 15) is 4.79 Å². The predicted octanol–water partition coefficient (Wildman–Crippen LogP) is 1.87. The maximum atomic E-state index is 11.8. The molecule has 2 N–H and O–H groups in total. The lowest BCUT2D eigenvalue weighted by molar-refractivity contribution is 0.112. The van der Waals surface area contributed by atoms with E-state index < -0.39 is 0 Å². The second kappa shape index (κ2) is 5.50. The molecule has 1 aliphatic rings. The number of fused-ring (bicyclic) bond motifs is 1. The number of ether oxygens (including phenoxy) is 1. The molecule has 0 bridgehead atoms. The van der Waals surface area contributed by atoms with Crippen LogP contribution in [0.4, 0.5) is 10.5 Å². The summed E-state index contributed by atoms with van der Waals surface area (Å²) in [6.45, 7) is 1.35. The van der Waals surface area contributed by atoms with Crippen molar-refractivity contribution in [3.63, 3.8) is 0 Å². The van der Waals surface area contributed by atoms with Crippen LogP contribution < -0.4 is 10.6 Å². The van der Waals surface area contributed by atoms with E-state index in [0.29, 0.717) is 6.54 Å². The first-order valence-corrected chi connectivity index (χ1v) is 6.80. The Balaban J connectivity index is 1.58. The van der Waals surface area contributed by atoms with Gasteiger partial charge in [0.15, 0.2) is 0 Å². The zero-order valence-electron chi connectivity index (χ0n) is 11.4. The van der Waals surface area contributed by atoms with E-state index in [1.54, 1.807) is 10.9 Å². The minimum absolute atomic E-state index is 0.154. The van der Waals surface area contributed by atoms with E-state index in [4.69, 9.17) is 4.74 Å². The van der Waals surface area contributed by atoms with Crippen LogP contribution in [0.5, 0.6) is 0 Å². The maximum Gasteiger partial charge on any atom is 0.319 e. The molecule has 6 nitrogen and oxygen atoms in total. The number of hydrogen-bond donors (Lipinski definition) is 2. The van der Waals surface area contributed by atoms with Crippen molar-refractivity contribution in [2.75, 3.05) is 18.5 Å². The van der Waals surface area contributed by atoms with E-state index in [1.807, 2.05) is 25.2 Å². The van der Waals surface area contributed by atoms with Crippen molar-refractivity contribution in [3.8, 4) is 0 Å². The fourth-order valence-electron chi connectivity index (χ4n) is 2.43. The second-order valence-electron chi connectivity index (χ2n) is 5.01. The van der Waals surface area contributed by atoms with Crippen molar-refractivity contribution in [2.24, 2.45) is 7.05 Å². The number of carbonyl (C=O) groups excluding carboxylic acids is 1. The summed E-state index contributed by atoms with van der Waals surface area (Å²) in [4.78, 5) is 11.8. The Bertz CT molecular complexity index is 617.